The van der Waals surface area contributed by atoms with E-state index in [2.05, 4.69) is 32.6 Å². The van der Waals surface area contributed by atoms with Crippen molar-refractivity contribution in [2.75, 3.05) is 11.1 Å². The minimum atomic E-state index is -0.348. The molecule has 0 saturated carbocycles. The standard InChI is InChI=1S/C18H21N5O2S2/c1-4-5-6-26-18-23-22-17(27-18)19-16(25)14-9-13(20-21-14)12-8-10(2)7-11(3)15(12)24/h7-9,24H,4-6H2,1-3H3,(H,20,21)(H,19,22,25). The second-order valence-electron chi connectivity index (χ2n) is 6.17. The molecule has 3 aromatic rings. The van der Waals surface area contributed by atoms with Crippen LogP contribution in [-0.4, -0.2) is 37.2 Å². The van der Waals surface area contributed by atoms with Crippen molar-refractivity contribution in [1.82, 2.24) is 20.4 Å². The zero-order valence-electron chi connectivity index (χ0n) is 15.4. The van der Waals surface area contributed by atoms with Gasteiger partial charge in [-0.2, -0.15) is 5.10 Å². The molecule has 0 bridgehead atoms. The largest absolute Gasteiger partial charge is 0.507 e. The van der Waals surface area contributed by atoms with Gasteiger partial charge < -0.3 is 5.11 Å². The van der Waals surface area contributed by atoms with Crippen molar-refractivity contribution in [3.8, 4) is 17.0 Å². The van der Waals surface area contributed by atoms with Crippen LogP contribution in [0.3, 0.4) is 0 Å². The number of carbonyl (C=O) groups is 1. The number of aromatic amines is 1. The lowest BCUT2D eigenvalue weighted by molar-refractivity contribution is 0.102. The van der Waals surface area contributed by atoms with E-state index in [1.165, 1.54) is 11.3 Å². The number of phenols is 1. The lowest BCUT2D eigenvalue weighted by Gasteiger charge is -2.06. The number of hydrogen-bond acceptors (Lipinski definition) is 7. The molecule has 0 aliphatic rings. The Morgan fingerprint density at radius 1 is 1.30 bits per heavy atom. The molecule has 0 atom stereocenters. The smallest absolute Gasteiger partial charge is 0.275 e. The van der Waals surface area contributed by atoms with E-state index >= 15 is 0 Å². The van der Waals surface area contributed by atoms with Gasteiger partial charge >= 0.3 is 0 Å². The number of H-pyrrole nitrogens is 1. The highest BCUT2D eigenvalue weighted by Gasteiger charge is 2.16. The van der Waals surface area contributed by atoms with E-state index in [-0.39, 0.29) is 11.7 Å². The van der Waals surface area contributed by atoms with Crippen LogP contribution >= 0.6 is 23.1 Å². The average Bonchev–Trinajstić information content (AvgIpc) is 3.28. The van der Waals surface area contributed by atoms with Gasteiger partial charge in [0.05, 0.1) is 5.69 Å². The molecule has 9 heteroatoms. The quantitative estimate of drug-likeness (QED) is 0.307. The van der Waals surface area contributed by atoms with Gasteiger partial charge in [-0.3, -0.25) is 15.2 Å². The van der Waals surface area contributed by atoms with Crippen molar-refractivity contribution in [3.05, 3.63) is 35.0 Å². The summed E-state index contributed by atoms with van der Waals surface area (Å²) in [6.07, 6.45) is 2.25. The first-order chi connectivity index (χ1) is 13.0. The molecule has 27 heavy (non-hydrogen) atoms. The monoisotopic (exact) mass is 403 g/mol. The third kappa shape index (κ3) is 4.67. The van der Waals surface area contributed by atoms with Gasteiger partial charge in [0.15, 0.2) is 4.34 Å². The van der Waals surface area contributed by atoms with Gasteiger partial charge in [-0.1, -0.05) is 42.5 Å². The van der Waals surface area contributed by atoms with Crippen LogP contribution in [-0.2, 0) is 0 Å². The number of aryl methyl sites for hydroxylation is 2. The molecule has 3 rings (SSSR count). The molecular formula is C18H21N5O2S2. The van der Waals surface area contributed by atoms with Crippen LogP contribution in [0.4, 0.5) is 5.13 Å². The molecule has 0 radical (unpaired) electrons. The van der Waals surface area contributed by atoms with Crippen LogP contribution < -0.4 is 5.32 Å². The predicted molar refractivity (Wildman–Crippen MR) is 109 cm³/mol. The molecule has 2 aromatic heterocycles. The van der Waals surface area contributed by atoms with Crippen LogP contribution in [0.2, 0.25) is 0 Å². The molecular weight excluding hydrogens is 382 g/mol. The molecule has 1 aromatic carbocycles. The van der Waals surface area contributed by atoms with E-state index in [4.69, 9.17) is 0 Å². The summed E-state index contributed by atoms with van der Waals surface area (Å²) in [5.74, 6) is 0.804. The minimum Gasteiger partial charge on any atom is -0.507 e. The Morgan fingerprint density at radius 2 is 2.11 bits per heavy atom. The number of rotatable bonds is 7. The normalized spacial score (nSPS) is 10.9. The number of phenolic OH excluding ortho intramolecular Hbond substituents is 1. The molecule has 0 saturated heterocycles. The molecule has 3 N–H and O–H groups in total. The maximum absolute atomic E-state index is 12.4. The molecule has 0 spiro atoms. The van der Waals surface area contributed by atoms with Crippen LogP contribution in [0.5, 0.6) is 5.75 Å². The molecule has 0 fully saturated rings. The Balaban J connectivity index is 1.71. The third-order valence-electron chi connectivity index (χ3n) is 3.89. The van der Waals surface area contributed by atoms with Gasteiger partial charge in [-0.15, -0.1) is 10.2 Å². The van der Waals surface area contributed by atoms with Crippen LogP contribution in [0.15, 0.2) is 22.5 Å². The highest BCUT2D eigenvalue weighted by molar-refractivity contribution is 8.01. The Bertz CT molecular complexity index is 951. The third-order valence-corrected chi connectivity index (χ3v) is 5.95. The van der Waals surface area contributed by atoms with Gasteiger partial charge in [-0.25, -0.2) is 0 Å². The Labute approximate surface area is 165 Å². The number of aromatic hydroxyl groups is 1. The summed E-state index contributed by atoms with van der Waals surface area (Å²) in [7, 11) is 0. The first-order valence-corrected chi connectivity index (χ1v) is 10.4. The van der Waals surface area contributed by atoms with E-state index in [9.17, 15) is 9.90 Å². The number of nitrogens with one attached hydrogen (secondary N) is 2. The van der Waals surface area contributed by atoms with Crippen LogP contribution in [0, 0.1) is 13.8 Å². The van der Waals surface area contributed by atoms with Crippen molar-refractivity contribution in [2.24, 2.45) is 0 Å². The number of benzene rings is 1. The molecule has 0 unspecified atom stereocenters. The summed E-state index contributed by atoms with van der Waals surface area (Å²) in [5.41, 5.74) is 3.17. The number of thioether (sulfide) groups is 1. The van der Waals surface area contributed by atoms with E-state index in [0.717, 1.165) is 34.1 Å². The van der Waals surface area contributed by atoms with Gasteiger partial charge in [-0.05, 0) is 43.5 Å². The van der Waals surface area contributed by atoms with Crippen molar-refractivity contribution >= 4 is 34.1 Å². The van der Waals surface area contributed by atoms with Crippen molar-refractivity contribution in [2.45, 2.75) is 38.0 Å². The number of amides is 1. The van der Waals surface area contributed by atoms with Gasteiger partial charge in [0.25, 0.3) is 5.91 Å². The number of nitrogens with zero attached hydrogens (tertiary/aromatic N) is 3. The lowest BCUT2D eigenvalue weighted by Crippen LogP contribution is -2.12. The molecule has 142 valence electrons. The second-order valence-corrected chi connectivity index (χ2v) is 8.49. The molecule has 0 aliphatic heterocycles. The highest BCUT2D eigenvalue weighted by atomic mass is 32.2. The van der Waals surface area contributed by atoms with E-state index < -0.39 is 0 Å². The number of carbonyl (C=O) groups excluding carboxylic acids is 1. The van der Waals surface area contributed by atoms with E-state index in [0.29, 0.717) is 22.1 Å². The zero-order chi connectivity index (χ0) is 19.4. The fourth-order valence-electron chi connectivity index (χ4n) is 2.52. The van der Waals surface area contributed by atoms with Gasteiger partial charge in [0.2, 0.25) is 5.13 Å². The molecule has 2 heterocycles. The Kier molecular flexibility index (Phi) is 6.12. The molecule has 1 amide bonds. The topological polar surface area (TPSA) is 104 Å². The maximum atomic E-state index is 12.4. The first kappa shape index (κ1) is 19.4. The van der Waals surface area contributed by atoms with Crippen molar-refractivity contribution in [3.63, 3.8) is 0 Å². The van der Waals surface area contributed by atoms with Crippen LogP contribution in [0.25, 0.3) is 11.3 Å². The number of aromatic nitrogens is 4. The molecule has 7 nitrogen and oxygen atoms in total. The van der Waals surface area contributed by atoms with Crippen molar-refractivity contribution < 1.29 is 9.90 Å². The van der Waals surface area contributed by atoms with Gasteiger partial charge in [0, 0.05) is 11.3 Å². The summed E-state index contributed by atoms with van der Waals surface area (Å²) in [4.78, 5) is 12.4. The van der Waals surface area contributed by atoms with Crippen molar-refractivity contribution in [1.29, 1.82) is 0 Å². The number of hydrogen-bond donors (Lipinski definition) is 3. The summed E-state index contributed by atoms with van der Waals surface area (Å²) in [6, 6.07) is 5.34. The predicted octanol–water partition coefficient (Wildman–Crippen LogP) is 4.40. The van der Waals surface area contributed by atoms with Gasteiger partial charge in [0.1, 0.15) is 11.4 Å². The zero-order valence-corrected chi connectivity index (χ0v) is 17.0. The fraction of sp³-hybridized carbons (Fsp3) is 0.333. The summed E-state index contributed by atoms with van der Waals surface area (Å²) in [6.45, 7) is 5.92. The number of unbranched alkanes of at least 4 members (excludes halogenated alkanes) is 1. The van der Waals surface area contributed by atoms with E-state index in [1.54, 1.807) is 17.8 Å². The highest BCUT2D eigenvalue weighted by Crippen LogP contribution is 2.32. The maximum Gasteiger partial charge on any atom is 0.275 e. The van der Waals surface area contributed by atoms with E-state index in [1.807, 2.05) is 26.0 Å². The second kappa shape index (κ2) is 8.53. The SMILES string of the molecule is CCCCSc1nnc(NC(=O)c2cc(-c3cc(C)cc(C)c3O)n[nH]2)s1. The first-order valence-electron chi connectivity index (χ1n) is 8.61. The summed E-state index contributed by atoms with van der Waals surface area (Å²) >= 11 is 2.99. The minimum absolute atomic E-state index is 0.164. The van der Waals surface area contributed by atoms with Crippen LogP contribution in [0.1, 0.15) is 41.4 Å². The Morgan fingerprint density at radius 3 is 2.89 bits per heavy atom. The lowest BCUT2D eigenvalue weighted by atomic mass is 10.0. The summed E-state index contributed by atoms with van der Waals surface area (Å²) < 4.78 is 0.837. The molecule has 0 aliphatic carbocycles. The average molecular weight is 404 g/mol. The summed E-state index contributed by atoms with van der Waals surface area (Å²) in [5, 5.41) is 28.4. The number of anilines is 1. The Hall–Kier alpha value is -2.39. The fourth-order valence-corrected chi connectivity index (χ4v) is 4.42.